The van der Waals surface area contributed by atoms with Gasteiger partial charge in [-0.05, 0) is 62.8 Å². The van der Waals surface area contributed by atoms with Gasteiger partial charge in [0, 0.05) is 32.1 Å². The Kier molecular flexibility index (Phi) is 30.7. The number of nitrogens with zero attached hydrogens (tertiary/aromatic N) is 2. The second kappa shape index (κ2) is 28.0. The maximum Gasteiger partial charge on any atom is 0.131 e. The third-order valence-corrected chi connectivity index (χ3v) is 5.27. The van der Waals surface area contributed by atoms with Crippen molar-refractivity contribution in [1.82, 2.24) is 10.3 Å². The van der Waals surface area contributed by atoms with E-state index in [2.05, 4.69) is 62.1 Å². The fourth-order valence-electron chi connectivity index (χ4n) is 3.08. The van der Waals surface area contributed by atoms with Crippen molar-refractivity contribution < 1.29 is 4.74 Å². The molecule has 0 radical (unpaired) electrons. The molecule has 0 fully saturated rings. The summed E-state index contributed by atoms with van der Waals surface area (Å²) in [6, 6.07) is 2.05. The van der Waals surface area contributed by atoms with Crippen LogP contribution in [0.3, 0.4) is 0 Å². The Balaban J connectivity index is -0.000000518. The van der Waals surface area contributed by atoms with Crippen LogP contribution in [0.4, 0.5) is 0 Å². The maximum atomic E-state index is 6.10. The molecule has 4 nitrogen and oxygen atoms in total. The number of pyridine rings is 1. The Labute approximate surface area is 218 Å². The average Bonchev–Trinajstić information content (AvgIpc) is 2.88. The molecule has 0 saturated heterocycles. The lowest BCUT2D eigenvalue weighted by Gasteiger charge is -2.32. The summed E-state index contributed by atoms with van der Waals surface area (Å²) in [5.41, 5.74) is 2.27. The van der Waals surface area contributed by atoms with E-state index in [4.69, 9.17) is 16.3 Å². The molecule has 5 heteroatoms. The number of rotatable bonds is 14. The molecule has 1 N–H and O–H groups in total. The first-order valence-electron chi connectivity index (χ1n) is 13.6. The molecule has 0 aliphatic rings. The van der Waals surface area contributed by atoms with Gasteiger partial charge in [-0.3, -0.25) is 4.99 Å². The van der Waals surface area contributed by atoms with Crippen LogP contribution in [0.25, 0.3) is 0 Å². The molecule has 0 amide bonds. The molecule has 0 aliphatic carbocycles. The summed E-state index contributed by atoms with van der Waals surface area (Å²) in [6.07, 6.45) is 14.5. The molecule has 34 heavy (non-hydrogen) atoms. The Bertz CT molecular complexity index is 605. The first-order valence-corrected chi connectivity index (χ1v) is 14.0. The minimum atomic E-state index is 0.0522. The molecule has 1 aromatic heterocycles. The Hall–Kier alpha value is -1.23. The van der Waals surface area contributed by atoms with Gasteiger partial charge >= 0.3 is 0 Å². The molecule has 0 aliphatic heterocycles. The molecule has 0 bridgehead atoms. The zero-order valence-electron chi connectivity index (χ0n) is 24.1. The van der Waals surface area contributed by atoms with Gasteiger partial charge in [-0.2, -0.15) is 0 Å². The molecule has 0 spiro atoms. The van der Waals surface area contributed by atoms with Gasteiger partial charge < -0.3 is 10.1 Å². The van der Waals surface area contributed by atoms with Crippen LogP contribution < -0.4 is 5.32 Å². The largest absolute Gasteiger partial charge is 0.375 e. The van der Waals surface area contributed by atoms with Crippen LogP contribution in [0.2, 0.25) is 5.15 Å². The van der Waals surface area contributed by atoms with E-state index >= 15 is 0 Å². The highest BCUT2D eigenvalue weighted by molar-refractivity contribution is 6.30. The van der Waals surface area contributed by atoms with Crippen LogP contribution in [0.5, 0.6) is 0 Å². The predicted octanol–water partition coefficient (Wildman–Crippen LogP) is 8.99. The lowest BCUT2D eigenvalue weighted by molar-refractivity contribution is -0.0588. The van der Waals surface area contributed by atoms with Gasteiger partial charge in [-0.25, -0.2) is 4.98 Å². The molecule has 1 atom stereocenters. The predicted molar refractivity (Wildman–Crippen MR) is 156 cm³/mol. The van der Waals surface area contributed by atoms with Gasteiger partial charge in [0.15, 0.2) is 0 Å². The van der Waals surface area contributed by atoms with E-state index in [0.29, 0.717) is 5.15 Å². The molecular formula is C29H56ClN3O. The summed E-state index contributed by atoms with van der Waals surface area (Å²) in [4.78, 5) is 8.50. The smallest absolute Gasteiger partial charge is 0.131 e. The summed E-state index contributed by atoms with van der Waals surface area (Å²) >= 11 is 5.78. The van der Waals surface area contributed by atoms with Gasteiger partial charge in [0.05, 0.1) is 5.60 Å². The van der Waals surface area contributed by atoms with Gasteiger partial charge in [0.25, 0.3) is 0 Å². The number of hydrogen-bond acceptors (Lipinski definition) is 4. The quantitative estimate of drug-likeness (QED) is 0.206. The maximum absolute atomic E-state index is 6.10. The highest BCUT2D eigenvalue weighted by Gasteiger charge is 2.27. The lowest BCUT2D eigenvalue weighted by Crippen LogP contribution is -2.33. The van der Waals surface area contributed by atoms with Crippen LogP contribution in [0.1, 0.15) is 112 Å². The zero-order valence-corrected chi connectivity index (χ0v) is 24.9. The third-order valence-electron chi connectivity index (χ3n) is 4.87. The number of aromatic nitrogens is 1. The van der Waals surface area contributed by atoms with Crippen molar-refractivity contribution in [3.05, 3.63) is 40.7 Å². The summed E-state index contributed by atoms with van der Waals surface area (Å²) < 4.78 is 6.10. The summed E-state index contributed by atoms with van der Waals surface area (Å²) in [5.74, 6) is 0. The van der Waals surface area contributed by atoms with Crippen molar-refractivity contribution in [3.63, 3.8) is 0 Å². The van der Waals surface area contributed by atoms with Crippen molar-refractivity contribution in [1.29, 1.82) is 0 Å². The number of aliphatic imine (C=N–C) groups is 1. The second-order valence-electron chi connectivity index (χ2n) is 7.51. The van der Waals surface area contributed by atoms with Crippen LogP contribution in [-0.2, 0) is 11.3 Å². The number of aryl methyl sites for hydroxylation is 1. The van der Waals surface area contributed by atoms with Crippen molar-refractivity contribution in [2.45, 2.75) is 120 Å². The van der Waals surface area contributed by atoms with E-state index in [1.165, 1.54) is 12.0 Å². The molecule has 1 rings (SSSR count). The molecule has 0 aromatic carbocycles. The summed E-state index contributed by atoms with van der Waals surface area (Å²) in [6.45, 7) is 24.4. The zero-order chi connectivity index (χ0) is 26.7. The number of hydrogen-bond donors (Lipinski definition) is 1. The van der Waals surface area contributed by atoms with Crippen LogP contribution in [0.15, 0.2) is 29.4 Å². The normalized spacial score (nSPS) is 12.2. The van der Waals surface area contributed by atoms with Crippen molar-refractivity contribution in [2.75, 3.05) is 19.7 Å². The fourth-order valence-corrected chi connectivity index (χ4v) is 3.19. The SMILES string of the molecule is CC.CC.CC/C=C\C=NCCC(CC)(CCC)OCCC.CCNCc1cnc(Cl)c(C)c1. The first kappa shape index (κ1) is 37.3. The average molecular weight is 498 g/mol. The van der Waals surface area contributed by atoms with E-state index in [9.17, 15) is 0 Å². The first-order chi connectivity index (χ1) is 16.5. The van der Waals surface area contributed by atoms with E-state index in [1.807, 2.05) is 46.9 Å². The second-order valence-corrected chi connectivity index (χ2v) is 7.87. The molecule has 1 heterocycles. The summed E-state index contributed by atoms with van der Waals surface area (Å²) in [5, 5.41) is 3.82. The van der Waals surface area contributed by atoms with Gasteiger partial charge in [0.2, 0.25) is 0 Å². The minimum absolute atomic E-state index is 0.0522. The molecular weight excluding hydrogens is 442 g/mol. The third kappa shape index (κ3) is 20.2. The van der Waals surface area contributed by atoms with E-state index in [1.54, 1.807) is 6.20 Å². The Morgan fingerprint density at radius 2 is 1.74 bits per heavy atom. The number of ether oxygens (including phenoxy) is 1. The Morgan fingerprint density at radius 1 is 1.06 bits per heavy atom. The molecule has 200 valence electrons. The standard InChI is InChI=1S/C16H31NO.C9H13ClN2.2C2H6/c1-5-9-10-13-17-14-12-16(8-4,11-6-2)18-15-7-3;1-3-11-5-8-4-7(2)9(10)12-6-8;2*1-2/h9-10,13H,5-8,11-12,14-15H2,1-4H3;4,6,11H,3,5H2,1-2H3;2*1-2H3/b10-9-,17-13?;;;. The lowest BCUT2D eigenvalue weighted by atomic mass is 9.91. The monoisotopic (exact) mass is 497 g/mol. The van der Waals surface area contributed by atoms with Crippen molar-refractivity contribution in [3.8, 4) is 0 Å². The van der Waals surface area contributed by atoms with E-state index < -0.39 is 0 Å². The van der Waals surface area contributed by atoms with Gasteiger partial charge in [-0.15, -0.1) is 0 Å². The highest BCUT2D eigenvalue weighted by atomic mass is 35.5. The number of halogens is 1. The van der Waals surface area contributed by atoms with Crippen LogP contribution >= 0.6 is 11.6 Å². The summed E-state index contributed by atoms with van der Waals surface area (Å²) in [7, 11) is 0. The Morgan fingerprint density at radius 3 is 2.24 bits per heavy atom. The van der Waals surface area contributed by atoms with Gasteiger partial charge in [-0.1, -0.05) is 92.5 Å². The topological polar surface area (TPSA) is 46.5 Å². The van der Waals surface area contributed by atoms with E-state index in [-0.39, 0.29) is 5.60 Å². The van der Waals surface area contributed by atoms with E-state index in [0.717, 1.165) is 63.9 Å². The van der Waals surface area contributed by atoms with Crippen molar-refractivity contribution >= 4 is 17.8 Å². The number of nitrogens with one attached hydrogen (secondary N) is 1. The van der Waals surface area contributed by atoms with Crippen molar-refractivity contribution in [2.24, 2.45) is 4.99 Å². The van der Waals surface area contributed by atoms with Crippen LogP contribution in [-0.4, -0.2) is 36.5 Å². The fraction of sp³-hybridized carbons (Fsp3) is 0.724. The molecule has 1 aromatic rings. The molecule has 1 unspecified atom stereocenters. The highest BCUT2D eigenvalue weighted by Crippen LogP contribution is 2.27. The minimum Gasteiger partial charge on any atom is -0.375 e. The van der Waals surface area contributed by atoms with Crippen LogP contribution in [0, 0.1) is 6.92 Å². The molecule has 0 saturated carbocycles. The number of allylic oxidation sites excluding steroid dienone is 2. The van der Waals surface area contributed by atoms with Gasteiger partial charge in [0.1, 0.15) is 5.15 Å².